The summed E-state index contributed by atoms with van der Waals surface area (Å²) in [5.41, 5.74) is 0.728. The highest BCUT2D eigenvalue weighted by Crippen LogP contribution is 2.31. The number of nitrogens with zero attached hydrogens (tertiary/aromatic N) is 2. The van der Waals surface area contributed by atoms with Crippen LogP contribution in [-0.4, -0.2) is 70.4 Å². The SMILES string of the molecule is CCOc1ccccc1N1CCN(C(=O)C2(COC)CCNC2)CC1. The number of rotatable bonds is 6. The molecular weight excluding hydrogens is 318 g/mol. The van der Waals surface area contributed by atoms with Gasteiger partial charge >= 0.3 is 0 Å². The molecule has 1 amide bonds. The molecular formula is C19H29N3O3. The molecule has 1 unspecified atom stereocenters. The van der Waals surface area contributed by atoms with Crippen molar-refractivity contribution in [1.29, 1.82) is 0 Å². The highest BCUT2D eigenvalue weighted by molar-refractivity contribution is 5.84. The van der Waals surface area contributed by atoms with Gasteiger partial charge in [0.2, 0.25) is 5.91 Å². The number of methoxy groups -OCH3 is 1. The van der Waals surface area contributed by atoms with Crippen molar-refractivity contribution in [2.24, 2.45) is 5.41 Å². The average molecular weight is 347 g/mol. The third-order valence-electron chi connectivity index (χ3n) is 5.19. The first kappa shape index (κ1) is 18.0. The van der Waals surface area contributed by atoms with Gasteiger partial charge in [-0.2, -0.15) is 0 Å². The minimum Gasteiger partial charge on any atom is -0.492 e. The molecule has 0 aliphatic carbocycles. The number of amides is 1. The Morgan fingerprint density at radius 2 is 2.00 bits per heavy atom. The highest BCUT2D eigenvalue weighted by Gasteiger charge is 2.44. The lowest BCUT2D eigenvalue weighted by atomic mass is 9.86. The van der Waals surface area contributed by atoms with E-state index in [0.717, 1.165) is 50.6 Å². The van der Waals surface area contributed by atoms with Crippen molar-refractivity contribution < 1.29 is 14.3 Å². The second kappa shape index (κ2) is 8.06. The Kier molecular flexibility index (Phi) is 5.81. The van der Waals surface area contributed by atoms with E-state index < -0.39 is 0 Å². The summed E-state index contributed by atoms with van der Waals surface area (Å²) in [6.07, 6.45) is 0.854. The van der Waals surface area contributed by atoms with Gasteiger partial charge in [-0.05, 0) is 32.0 Å². The molecule has 0 saturated carbocycles. The maximum absolute atomic E-state index is 13.1. The Hall–Kier alpha value is -1.79. The van der Waals surface area contributed by atoms with Gasteiger partial charge in [-0.1, -0.05) is 12.1 Å². The van der Waals surface area contributed by atoms with Gasteiger partial charge in [0.05, 0.1) is 24.3 Å². The first-order valence-corrected chi connectivity index (χ1v) is 9.16. The van der Waals surface area contributed by atoms with Crippen molar-refractivity contribution in [3.8, 4) is 5.75 Å². The highest BCUT2D eigenvalue weighted by atomic mass is 16.5. The maximum Gasteiger partial charge on any atom is 0.232 e. The quantitative estimate of drug-likeness (QED) is 0.842. The van der Waals surface area contributed by atoms with Crippen LogP contribution in [-0.2, 0) is 9.53 Å². The molecule has 2 fully saturated rings. The first-order valence-electron chi connectivity index (χ1n) is 9.16. The molecule has 1 aromatic rings. The van der Waals surface area contributed by atoms with Gasteiger partial charge in [0.15, 0.2) is 0 Å². The summed E-state index contributed by atoms with van der Waals surface area (Å²) in [4.78, 5) is 17.4. The molecule has 1 aromatic carbocycles. The molecule has 25 heavy (non-hydrogen) atoms. The van der Waals surface area contributed by atoms with E-state index in [1.54, 1.807) is 7.11 Å². The van der Waals surface area contributed by atoms with E-state index in [2.05, 4.69) is 16.3 Å². The number of carbonyl (C=O) groups excluding carboxylic acids is 1. The third kappa shape index (κ3) is 3.75. The molecule has 6 heteroatoms. The number of benzene rings is 1. The molecule has 6 nitrogen and oxygen atoms in total. The van der Waals surface area contributed by atoms with Crippen molar-refractivity contribution in [2.75, 3.05) is 64.5 Å². The first-order chi connectivity index (χ1) is 12.2. The van der Waals surface area contributed by atoms with Crippen molar-refractivity contribution >= 4 is 11.6 Å². The molecule has 0 bridgehead atoms. The number of ether oxygens (including phenoxy) is 2. The molecule has 1 N–H and O–H groups in total. The molecule has 2 aliphatic heterocycles. The fourth-order valence-corrected chi connectivity index (χ4v) is 3.87. The van der Waals surface area contributed by atoms with Crippen LogP contribution in [0.5, 0.6) is 5.75 Å². The minimum atomic E-state index is -0.389. The van der Waals surface area contributed by atoms with E-state index in [4.69, 9.17) is 9.47 Å². The fourth-order valence-electron chi connectivity index (χ4n) is 3.87. The van der Waals surface area contributed by atoms with Crippen LogP contribution in [0.4, 0.5) is 5.69 Å². The summed E-state index contributed by atoms with van der Waals surface area (Å²) in [5.74, 6) is 1.15. The van der Waals surface area contributed by atoms with Crippen LogP contribution in [0.15, 0.2) is 24.3 Å². The molecule has 0 aromatic heterocycles. The summed E-state index contributed by atoms with van der Waals surface area (Å²) in [6, 6.07) is 8.13. The summed E-state index contributed by atoms with van der Waals surface area (Å²) < 4.78 is 11.1. The van der Waals surface area contributed by atoms with Crippen LogP contribution in [0.2, 0.25) is 0 Å². The zero-order valence-corrected chi connectivity index (χ0v) is 15.3. The Morgan fingerprint density at radius 1 is 1.24 bits per heavy atom. The Morgan fingerprint density at radius 3 is 2.64 bits per heavy atom. The van der Waals surface area contributed by atoms with E-state index in [1.807, 2.05) is 30.0 Å². The molecule has 0 spiro atoms. The molecule has 1 atom stereocenters. The van der Waals surface area contributed by atoms with Crippen molar-refractivity contribution in [3.63, 3.8) is 0 Å². The van der Waals surface area contributed by atoms with Gasteiger partial charge in [0.25, 0.3) is 0 Å². The van der Waals surface area contributed by atoms with Gasteiger partial charge in [0, 0.05) is 39.8 Å². The van der Waals surface area contributed by atoms with E-state index in [9.17, 15) is 4.79 Å². The van der Waals surface area contributed by atoms with E-state index in [-0.39, 0.29) is 11.3 Å². The number of anilines is 1. The Bertz CT molecular complexity index is 579. The van der Waals surface area contributed by atoms with E-state index in [1.165, 1.54) is 0 Å². The average Bonchev–Trinajstić information content (AvgIpc) is 3.12. The number of piperazine rings is 1. The number of para-hydroxylation sites is 2. The normalized spacial score (nSPS) is 23.8. The largest absolute Gasteiger partial charge is 0.492 e. The summed E-state index contributed by atoms with van der Waals surface area (Å²) in [7, 11) is 1.68. The third-order valence-corrected chi connectivity index (χ3v) is 5.19. The van der Waals surface area contributed by atoms with Crippen LogP contribution >= 0.6 is 0 Å². The zero-order valence-electron chi connectivity index (χ0n) is 15.3. The van der Waals surface area contributed by atoms with Crippen molar-refractivity contribution in [2.45, 2.75) is 13.3 Å². The smallest absolute Gasteiger partial charge is 0.232 e. The lowest BCUT2D eigenvalue weighted by Gasteiger charge is -2.40. The van der Waals surface area contributed by atoms with E-state index >= 15 is 0 Å². The Balaban J connectivity index is 1.65. The Labute approximate surface area is 150 Å². The van der Waals surface area contributed by atoms with E-state index in [0.29, 0.717) is 19.8 Å². The predicted octanol–water partition coefficient (Wildman–Crippen LogP) is 1.36. The molecule has 2 saturated heterocycles. The molecule has 3 rings (SSSR count). The monoisotopic (exact) mass is 347 g/mol. The number of carbonyl (C=O) groups is 1. The van der Waals surface area contributed by atoms with Crippen LogP contribution in [0.3, 0.4) is 0 Å². The second-order valence-electron chi connectivity index (χ2n) is 6.82. The molecule has 2 aliphatic rings. The lowest BCUT2D eigenvalue weighted by Crippen LogP contribution is -2.55. The van der Waals surface area contributed by atoms with Crippen LogP contribution < -0.4 is 15.0 Å². The number of hydrogen-bond donors (Lipinski definition) is 1. The standard InChI is InChI=1S/C19H29N3O3/c1-3-25-17-7-5-4-6-16(17)21-10-12-22(13-11-21)18(23)19(15-24-2)8-9-20-14-19/h4-7,20H,3,8-15H2,1-2H3. The van der Waals surface area contributed by atoms with Crippen LogP contribution in [0.1, 0.15) is 13.3 Å². The maximum atomic E-state index is 13.1. The van der Waals surface area contributed by atoms with Gasteiger partial charge < -0.3 is 24.6 Å². The van der Waals surface area contributed by atoms with Crippen LogP contribution in [0, 0.1) is 5.41 Å². The minimum absolute atomic E-state index is 0.233. The van der Waals surface area contributed by atoms with Crippen LogP contribution in [0.25, 0.3) is 0 Å². The second-order valence-corrected chi connectivity index (χ2v) is 6.82. The molecule has 2 heterocycles. The summed E-state index contributed by atoms with van der Waals surface area (Å²) in [5, 5.41) is 3.32. The summed E-state index contributed by atoms with van der Waals surface area (Å²) in [6.45, 7) is 7.88. The molecule has 0 radical (unpaired) electrons. The van der Waals surface area contributed by atoms with Gasteiger partial charge in [-0.25, -0.2) is 0 Å². The van der Waals surface area contributed by atoms with Gasteiger partial charge in [0.1, 0.15) is 5.75 Å². The number of hydrogen-bond acceptors (Lipinski definition) is 5. The lowest BCUT2D eigenvalue weighted by molar-refractivity contribution is -0.144. The molecule has 138 valence electrons. The van der Waals surface area contributed by atoms with Gasteiger partial charge in [-0.3, -0.25) is 4.79 Å². The summed E-state index contributed by atoms with van der Waals surface area (Å²) >= 11 is 0. The predicted molar refractivity (Wildman–Crippen MR) is 98.2 cm³/mol. The zero-order chi connectivity index (χ0) is 17.7. The number of nitrogens with one attached hydrogen (secondary N) is 1. The topological polar surface area (TPSA) is 54.0 Å². The van der Waals surface area contributed by atoms with Crippen molar-refractivity contribution in [3.05, 3.63) is 24.3 Å². The van der Waals surface area contributed by atoms with Gasteiger partial charge in [-0.15, -0.1) is 0 Å². The fraction of sp³-hybridized carbons (Fsp3) is 0.632. The van der Waals surface area contributed by atoms with Crippen molar-refractivity contribution in [1.82, 2.24) is 10.2 Å².